The molecule has 0 radical (unpaired) electrons. The van der Waals surface area contributed by atoms with Crippen molar-refractivity contribution < 1.29 is 4.79 Å². The molecule has 5 nitrogen and oxygen atoms in total. The summed E-state index contributed by atoms with van der Waals surface area (Å²) in [7, 11) is 0. The lowest BCUT2D eigenvalue weighted by Crippen LogP contribution is -2.35. The highest BCUT2D eigenvalue weighted by Gasteiger charge is 2.16. The molecule has 0 saturated heterocycles. The Bertz CT molecular complexity index is 634. The van der Waals surface area contributed by atoms with Gasteiger partial charge in [-0.25, -0.2) is 4.98 Å². The summed E-state index contributed by atoms with van der Waals surface area (Å²) in [6, 6.07) is 3.81. The minimum atomic E-state index is -0.0785. The van der Waals surface area contributed by atoms with E-state index in [1.54, 1.807) is 0 Å². The SMILES string of the molecule is CCN(CC)CCNC(=O)c1c(C)nc2ccc(Br)cn12. The zero-order valence-electron chi connectivity index (χ0n) is 12.7. The number of nitrogens with one attached hydrogen (secondary N) is 1. The van der Waals surface area contributed by atoms with Crippen molar-refractivity contribution in [3.8, 4) is 0 Å². The zero-order valence-corrected chi connectivity index (χ0v) is 14.3. The fourth-order valence-corrected chi connectivity index (χ4v) is 2.70. The van der Waals surface area contributed by atoms with Gasteiger partial charge in [0.2, 0.25) is 0 Å². The van der Waals surface area contributed by atoms with Crippen LogP contribution in [0.3, 0.4) is 0 Å². The van der Waals surface area contributed by atoms with Gasteiger partial charge in [-0.1, -0.05) is 13.8 Å². The lowest BCUT2D eigenvalue weighted by Gasteiger charge is -2.17. The van der Waals surface area contributed by atoms with Gasteiger partial charge in [-0.3, -0.25) is 9.20 Å². The Labute approximate surface area is 133 Å². The average Bonchev–Trinajstić information content (AvgIpc) is 2.78. The highest BCUT2D eigenvalue weighted by atomic mass is 79.9. The molecule has 2 heterocycles. The molecule has 0 saturated carbocycles. The van der Waals surface area contributed by atoms with E-state index in [4.69, 9.17) is 0 Å². The number of hydrogen-bond acceptors (Lipinski definition) is 3. The van der Waals surface area contributed by atoms with Crippen molar-refractivity contribution in [2.24, 2.45) is 0 Å². The van der Waals surface area contributed by atoms with Gasteiger partial charge in [0.15, 0.2) is 0 Å². The number of carbonyl (C=O) groups is 1. The molecule has 1 amide bonds. The van der Waals surface area contributed by atoms with Gasteiger partial charge in [-0.2, -0.15) is 0 Å². The van der Waals surface area contributed by atoms with Crippen LogP contribution < -0.4 is 5.32 Å². The van der Waals surface area contributed by atoms with Gasteiger partial charge in [0.05, 0.1) is 5.69 Å². The number of aryl methyl sites for hydroxylation is 1. The second-order valence-electron chi connectivity index (χ2n) is 4.90. The summed E-state index contributed by atoms with van der Waals surface area (Å²) in [6.45, 7) is 9.59. The van der Waals surface area contributed by atoms with Gasteiger partial charge < -0.3 is 10.2 Å². The van der Waals surface area contributed by atoms with Crippen molar-refractivity contribution in [2.45, 2.75) is 20.8 Å². The van der Waals surface area contributed by atoms with E-state index in [2.05, 4.69) is 45.0 Å². The molecule has 2 aromatic rings. The van der Waals surface area contributed by atoms with Crippen LogP contribution in [0.4, 0.5) is 0 Å². The minimum Gasteiger partial charge on any atom is -0.349 e. The van der Waals surface area contributed by atoms with Crippen LogP contribution >= 0.6 is 15.9 Å². The monoisotopic (exact) mass is 352 g/mol. The van der Waals surface area contributed by atoms with E-state index in [1.807, 2.05) is 29.7 Å². The quantitative estimate of drug-likeness (QED) is 0.868. The second-order valence-corrected chi connectivity index (χ2v) is 5.82. The molecule has 0 bridgehead atoms. The largest absolute Gasteiger partial charge is 0.349 e. The fourth-order valence-electron chi connectivity index (χ4n) is 2.36. The number of amides is 1. The molecule has 0 atom stereocenters. The molecule has 0 unspecified atom stereocenters. The van der Waals surface area contributed by atoms with Gasteiger partial charge in [-0.15, -0.1) is 0 Å². The van der Waals surface area contributed by atoms with Crippen molar-refractivity contribution >= 4 is 27.5 Å². The van der Waals surface area contributed by atoms with Crippen molar-refractivity contribution in [2.75, 3.05) is 26.2 Å². The van der Waals surface area contributed by atoms with E-state index in [0.29, 0.717) is 12.2 Å². The molecular weight excluding hydrogens is 332 g/mol. The molecule has 114 valence electrons. The maximum absolute atomic E-state index is 12.4. The fraction of sp³-hybridized carbons (Fsp3) is 0.467. The standard InChI is InChI=1S/C15H21BrN4O/c1-4-19(5-2)9-8-17-15(21)14-11(3)18-13-7-6-12(16)10-20(13)14/h6-7,10H,4-5,8-9H2,1-3H3,(H,17,21). The first-order valence-corrected chi connectivity index (χ1v) is 8.00. The summed E-state index contributed by atoms with van der Waals surface area (Å²) in [4.78, 5) is 19.1. The maximum atomic E-state index is 12.4. The van der Waals surface area contributed by atoms with Gasteiger partial charge in [0.1, 0.15) is 11.3 Å². The number of aromatic nitrogens is 2. The molecule has 0 fully saturated rings. The van der Waals surface area contributed by atoms with Gasteiger partial charge in [0.25, 0.3) is 5.91 Å². The second kappa shape index (κ2) is 7.04. The van der Waals surface area contributed by atoms with Crippen LogP contribution in [0.15, 0.2) is 22.8 Å². The molecular formula is C15H21BrN4O. The first kappa shape index (κ1) is 16.0. The van der Waals surface area contributed by atoms with Gasteiger partial charge in [0, 0.05) is 23.8 Å². The molecule has 2 rings (SSSR count). The lowest BCUT2D eigenvalue weighted by atomic mass is 10.3. The number of rotatable bonds is 6. The predicted molar refractivity (Wildman–Crippen MR) is 87.8 cm³/mol. The number of hydrogen-bond donors (Lipinski definition) is 1. The van der Waals surface area contributed by atoms with E-state index < -0.39 is 0 Å². The molecule has 6 heteroatoms. The van der Waals surface area contributed by atoms with Gasteiger partial charge >= 0.3 is 0 Å². The molecule has 0 spiro atoms. The number of pyridine rings is 1. The number of fused-ring (bicyclic) bond motifs is 1. The number of nitrogens with zero attached hydrogens (tertiary/aromatic N) is 3. The van der Waals surface area contributed by atoms with Crippen LogP contribution in [-0.4, -0.2) is 46.4 Å². The van der Waals surface area contributed by atoms with E-state index in [-0.39, 0.29) is 5.91 Å². The van der Waals surface area contributed by atoms with E-state index in [1.165, 1.54) is 0 Å². The maximum Gasteiger partial charge on any atom is 0.270 e. The highest BCUT2D eigenvalue weighted by Crippen LogP contribution is 2.16. The van der Waals surface area contributed by atoms with Crippen molar-refractivity contribution in [1.82, 2.24) is 19.6 Å². The van der Waals surface area contributed by atoms with Crippen LogP contribution in [0, 0.1) is 6.92 Å². The molecule has 0 aliphatic carbocycles. The summed E-state index contributed by atoms with van der Waals surface area (Å²) in [5.74, 6) is -0.0785. The van der Waals surface area contributed by atoms with Crippen LogP contribution in [0.1, 0.15) is 30.0 Å². The van der Waals surface area contributed by atoms with Crippen molar-refractivity contribution in [3.63, 3.8) is 0 Å². The molecule has 1 N–H and O–H groups in total. The molecule has 2 aromatic heterocycles. The Morgan fingerprint density at radius 1 is 1.38 bits per heavy atom. The number of carbonyl (C=O) groups excluding carboxylic acids is 1. The Morgan fingerprint density at radius 2 is 2.10 bits per heavy atom. The summed E-state index contributed by atoms with van der Waals surface area (Å²) < 4.78 is 2.75. The summed E-state index contributed by atoms with van der Waals surface area (Å²) >= 11 is 3.43. The number of likely N-dealkylation sites (N-methyl/N-ethyl adjacent to an activating group) is 1. The van der Waals surface area contributed by atoms with E-state index in [9.17, 15) is 4.79 Å². The predicted octanol–water partition coefficient (Wildman–Crippen LogP) is 2.48. The average molecular weight is 353 g/mol. The molecule has 0 aliphatic rings. The first-order valence-electron chi connectivity index (χ1n) is 7.21. The minimum absolute atomic E-state index is 0.0785. The van der Waals surface area contributed by atoms with Crippen LogP contribution in [0.25, 0.3) is 5.65 Å². The smallest absolute Gasteiger partial charge is 0.270 e. The van der Waals surface area contributed by atoms with E-state index in [0.717, 1.165) is 35.4 Å². The number of halogens is 1. The Hall–Kier alpha value is -1.40. The molecule has 0 aliphatic heterocycles. The lowest BCUT2D eigenvalue weighted by molar-refractivity contribution is 0.0942. The zero-order chi connectivity index (χ0) is 15.4. The van der Waals surface area contributed by atoms with E-state index >= 15 is 0 Å². The summed E-state index contributed by atoms with van der Waals surface area (Å²) in [6.07, 6.45) is 1.87. The van der Waals surface area contributed by atoms with Crippen molar-refractivity contribution in [1.29, 1.82) is 0 Å². The Kier molecular flexibility index (Phi) is 5.36. The molecule has 21 heavy (non-hydrogen) atoms. The summed E-state index contributed by atoms with van der Waals surface area (Å²) in [5.41, 5.74) is 2.13. The normalized spacial score (nSPS) is 11.3. The van der Waals surface area contributed by atoms with Crippen molar-refractivity contribution in [3.05, 3.63) is 34.2 Å². The van der Waals surface area contributed by atoms with Crippen LogP contribution in [0.5, 0.6) is 0 Å². The highest BCUT2D eigenvalue weighted by molar-refractivity contribution is 9.10. The Morgan fingerprint density at radius 3 is 2.76 bits per heavy atom. The first-order chi connectivity index (χ1) is 10.1. The third-order valence-corrected chi connectivity index (χ3v) is 4.05. The molecule has 0 aromatic carbocycles. The number of imidazole rings is 1. The summed E-state index contributed by atoms with van der Waals surface area (Å²) in [5, 5.41) is 2.98. The third-order valence-electron chi connectivity index (χ3n) is 3.58. The van der Waals surface area contributed by atoms with Crippen LogP contribution in [0.2, 0.25) is 0 Å². The third kappa shape index (κ3) is 3.63. The van der Waals surface area contributed by atoms with Gasteiger partial charge in [-0.05, 0) is 48.1 Å². The van der Waals surface area contributed by atoms with Crippen LogP contribution in [-0.2, 0) is 0 Å². The Balaban J connectivity index is 2.12. The topological polar surface area (TPSA) is 49.6 Å².